The Balaban J connectivity index is 2.23. The molecule has 1 aromatic carbocycles. The molecule has 0 radical (unpaired) electrons. The Morgan fingerprint density at radius 3 is 2.71 bits per heavy atom. The van der Waals surface area contributed by atoms with Gasteiger partial charge in [0.1, 0.15) is 4.75 Å². The molecule has 1 heterocycles. The predicted molar refractivity (Wildman–Crippen MR) is 71.7 cm³/mol. The maximum absolute atomic E-state index is 11.5. The summed E-state index contributed by atoms with van der Waals surface area (Å²) >= 11 is 1.60. The van der Waals surface area contributed by atoms with E-state index in [9.17, 15) is 9.90 Å². The number of carboxylic acid groups (broad SMARTS) is 1. The van der Waals surface area contributed by atoms with Crippen LogP contribution in [0.25, 0.3) is 0 Å². The van der Waals surface area contributed by atoms with E-state index in [0.29, 0.717) is 6.42 Å². The summed E-state index contributed by atoms with van der Waals surface area (Å²) in [5, 5.41) is 9.43. The fourth-order valence-corrected chi connectivity index (χ4v) is 3.68. The number of aliphatic carboxylic acids is 1. The van der Waals surface area contributed by atoms with Crippen LogP contribution in [0.2, 0.25) is 0 Å². The van der Waals surface area contributed by atoms with Crippen molar-refractivity contribution in [2.24, 2.45) is 0 Å². The van der Waals surface area contributed by atoms with Gasteiger partial charge in [-0.1, -0.05) is 18.2 Å². The molecule has 2 nitrogen and oxygen atoms in total. The average molecular weight is 250 g/mol. The molecule has 1 fully saturated rings. The van der Waals surface area contributed by atoms with Crippen molar-refractivity contribution in [1.29, 1.82) is 0 Å². The van der Waals surface area contributed by atoms with E-state index in [0.717, 1.165) is 24.2 Å². The van der Waals surface area contributed by atoms with Crippen LogP contribution in [0.3, 0.4) is 0 Å². The SMILES string of the molecule is Cc1ccc(CC2(C(=O)O)CCCS2)cc1C. The first-order valence-corrected chi connectivity index (χ1v) is 6.95. The number of aryl methyl sites for hydroxylation is 2. The largest absolute Gasteiger partial charge is 0.480 e. The average Bonchev–Trinajstić information content (AvgIpc) is 2.73. The molecule has 0 aliphatic carbocycles. The van der Waals surface area contributed by atoms with E-state index in [4.69, 9.17) is 0 Å². The number of hydrogen-bond donors (Lipinski definition) is 1. The summed E-state index contributed by atoms with van der Waals surface area (Å²) in [6, 6.07) is 6.27. The number of carbonyl (C=O) groups is 1. The van der Waals surface area contributed by atoms with Crippen molar-refractivity contribution in [2.75, 3.05) is 5.75 Å². The van der Waals surface area contributed by atoms with Gasteiger partial charge in [0, 0.05) is 0 Å². The van der Waals surface area contributed by atoms with Crippen LogP contribution in [0, 0.1) is 13.8 Å². The topological polar surface area (TPSA) is 37.3 Å². The molecule has 17 heavy (non-hydrogen) atoms. The zero-order valence-electron chi connectivity index (χ0n) is 10.3. The van der Waals surface area contributed by atoms with E-state index < -0.39 is 10.7 Å². The maximum atomic E-state index is 11.5. The van der Waals surface area contributed by atoms with Crippen molar-refractivity contribution in [3.05, 3.63) is 34.9 Å². The molecule has 1 aliphatic rings. The van der Waals surface area contributed by atoms with Crippen LogP contribution in [0.1, 0.15) is 29.5 Å². The Hall–Kier alpha value is -0.960. The van der Waals surface area contributed by atoms with Gasteiger partial charge in [0.15, 0.2) is 0 Å². The Morgan fingerprint density at radius 1 is 1.41 bits per heavy atom. The number of rotatable bonds is 3. The minimum atomic E-state index is -0.654. The lowest BCUT2D eigenvalue weighted by atomic mass is 9.93. The van der Waals surface area contributed by atoms with Crippen molar-refractivity contribution < 1.29 is 9.90 Å². The fourth-order valence-electron chi connectivity index (χ4n) is 2.32. The molecule has 1 aromatic rings. The summed E-state index contributed by atoms with van der Waals surface area (Å²) in [5.41, 5.74) is 3.65. The highest BCUT2D eigenvalue weighted by atomic mass is 32.2. The highest BCUT2D eigenvalue weighted by Gasteiger charge is 2.42. The highest BCUT2D eigenvalue weighted by molar-refractivity contribution is 8.01. The molecule has 1 aliphatic heterocycles. The summed E-state index contributed by atoms with van der Waals surface area (Å²) in [5.74, 6) is 0.315. The van der Waals surface area contributed by atoms with Gasteiger partial charge in [-0.3, -0.25) is 4.79 Å². The number of thioether (sulfide) groups is 1. The molecule has 1 unspecified atom stereocenters. The van der Waals surface area contributed by atoms with Crippen LogP contribution < -0.4 is 0 Å². The van der Waals surface area contributed by atoms with Gasteiger partial charge in [0.2, 0.25) is 0 Å². The van der Waals surface area contributed by atoms with Crippen molar-refractivity contribution in [3.63, 3.8) is 0 Å². The second-order valence-corrected chi connectivity index (χ2v) is 6.33. The van der Waals surface area contributed by atoms with E-state index in [1.54, 1.807) is 11.8 Å². The molecular weight excluding hydrogens is 232 g/mol. The van der Waals surface area contributed by atoms with Crippen molar-refractivity contribution in [2.45, 2.75) is 37.9 Å². The zero-order chi connectivity index (χ0) is 12.5. The molecule has 0 spiro atoms. The Labute approximate surface area is 106 Å². The molecule has 2 rings (SSSR count). The number of hydrogen-bond acceptors (Lipinski definition) is 2. The van der Waals surface area contributed by atoms with E-state index in [1.165, 1.54) is 11.1 Å². The highest BCUT2D eigenvalue weighted by Crippen LogP contribution is 2.41. The summed E-state index contributed by atoms with van der Waals surface area (Å²) in [4.78, 5) is 11.5. The van der Waals surface area contributed by atoms with Gasteiger partial charge < -0.3 is 5.11 Å². The molecule has 0 bridgehead atoms. The standard InChI is InChI=1S/C14H18O2S/c1-10-4-5-12(8-11(10)2)9-14(13(15)16)6-3-7-17-14/h4-5,8H,3,6-7,9H2,1-2H3,(H,15,16). The van der Waals surface area contributed by atoms with Crippen molar-refractivity contribution in [3.8, 4) is 0 Å². The molecule has 1 N–H and O–H groups in total. The van der Waals surface area contributed by atoms with E-state index >= 15 is 0 Å². The van der Waals surface area contributed by atoms with Gasteiger partial charge in [-0.05, 0) is 55.6 Å². The fraction of sp³-hybridized carbons (Fsp3) is 0.500. The maximum Gasteiger partial charge on any atom is 0.320 e. The third-order valence-electron chi connectivity index (χ3n) is 3.55. The van der Waals surface area contributed by atoms with E-state index in [2.05, 4.69) is 32.0 Å². The Kier molecular flexibility index (Phi) is 3.48. The quantitative estimate of drug-likeness (QED) is 0.895. The van der Waals surface area contributed by atoms with Gasteiger partial charge in [0.05, 0.1) is 0 Å². The molecule has 0 amide bonds. The molecule has 1 saturated heterocycles. The van der Waals surface area contributed by atoms with Crippen LogP contribution in [0.15, 0.2) is 18.2 Å². The van der Waals surface area contributed by atoms with Gasteiger partial charge >= 0.3 is 5.97 Å². The second kappa shape index (κ2) is 4.73. The molecule has 1 atom stereocenters. The van der Waals surface area contributed by atoms with E-state index in [1.807, 2.05) is 0 Å². The lowest BCUT2D eigenvalue weighted by molar-refractivity contribution is -0.139. The molecule has 3 heteroatoms. The number of benzene rings is 1. The van der Waals surface area contributed by atoms with Gasteiger partial charge in [0.25, 0.3) is 0 Å². The summed E-state index contributed by atoms with van der Waals surface area (Å²) < 4.78 is -0.582. The Morgan fingerprint density at radius 2 is 2.18 bits per heavy atom. The summed E-state index contributed by atoms with van der Waals surface area (Å²) in [6.45, 7) is 4.16. The lowest BCUT2D eigenvalue weighted by Gasteiger charge is -2.23. The van der Waals surface area contributed by atoms with Crippen LogP contribution in [-0.4, -0.2) is 21.6 Å². The van der Waals surface area contributed by atoms with Gasteiger partial charge in [-0.25, -0.2) is 0 Å². The molecule has 0 aromatic heterocycles. The van der Waals surface area contributed by atoms with Crippen LogP contribution in [-0.2, 0) is 11.2 Å². The van der Waals surface area contributed by atoms with E-state index in [-0.39, 0.29) is 0 Å². The molecule has 0 saturated carbocycles. The summed E-state index contributed by atoms with van der Waals surface area (Å²) in [6.07, 6.45) is 2.45. The minimum Gasteiger partial charge on any atom is -0.480 e. The van der Waals surface area contributed by atoms with Crippen LogP contribution in [0.4, 0.5) is 0 Å². The smallest absolute Gasteiger partial charge is 0.320 e. The van der Waals surface area contributed by atoms with Crippen molar-refractivity contribution >= 4 is 17.7 Å². The van der Waals surface area contributed by atoms with Gasteiger partial charge in [-0.15, -0.1) is 11.8 Å². The van der Waals surface area contributed by atoms with Crippen LogP contribution in [0.5, 0.6) is 0 Å². The summed E-state index contributed by atoms with van der Waals surface area (Å²) in [7, 11) is 0. The third kappa shape index (κ3) is 2.49. The molecular formula is C14H18O2S. The number of carboxylic acids is 1. The Bertz CT molecular complexity index is 434. The normalized spacial score (nSPS) is 23.9. The first-order valence-electron chi connectivity index (χ1n) is 5.97. The first kappa shape index (κ1) is 12.5. The monoisotopic (exact) mass is 250 g/mol. The zero-order valence-corrected chi connectivity index (χ0v) is 11.1. The van der Waals surface area contributed by atoms with Gasteiger partial charge in [-0.2, -0.15) is 0 Å². The lowest BCUT2D eigenvalue weighted by Crippen LogP contribution is -2.34. The second-order valence-electron chi connectivity index (χ2n) is 4.85. The predicted octanol–water partition coefficient (Wildman–Crippen LogP) is 3.20. The van der Waals surface area contributed by atoms with Crippen molar-refractivity contribution in [1.82, 2.24) is 0 Å². The first-order chi connectivity index (χ1) is 8.03. The minimum absolute atomic E-state index is 0.582. The molecule has 92 valence electrons. The third-order valence-corrected chi connectivity index (χ3v) is 5.12. The van der Waals surface area contributed by atoms with Crippen LogP contribution >= 0.6 is 11.8 Å².